The first-order valence-electron chi connectivity index (χ1n) is 5.33. The van der Waals surface area contributed by atoms with E-state index in [1.807, 2.05) is 11.4 Å². The van der Waals surface area contributed by atoms with Gasteiger partial charge in [0.15, 0.2) is 5.78 Å². The maximum absolute atomic E-state index is 11.7. The summed E-state index contributed by atoms with van der Waals surface area (Å²) in [6.07, 6.45) is 4.78. The third kappa shape index (κ3) is 3.10. The lowest BCUT2D eigenvalue weighted by atomic mass is 10.1. The van der Waals surface area contributed by atoms with Gasteiger partial charge in [0.2, 0.25) is 5.91 Å². The molecule has 0 atom stereocenters. The summed E-state index contributed by atoms with van der Waals surface area (Å²) in [6, 6.07) is 3.57. The van der Waals surface area contributed by atoms with Crippen molar-refractivity contribution < 1.29 is 9.59 Å². The van der Waals surface area contributed by atoms with Crippen LogP contribution in [0.2, 0.25) is 0 Å². The molecular weight excluding hydrogens is 236 g/mol. The average Bonchev–Trinajstić information content (AvgIpc) is 2.90. The fraction of sp³-hybridized carbons (Fsp3) is 0.250. The minimum absolute atomic E-state index is 0.0421. The van der Waals surface area contributed by atoms with Crippen molar-refractivity contribution in [1.82, 2.24) is 5.32 Å². The van der Waals surface area contributed by atoms with Gasteiger partial charge in [-0.3, -0.25) is 14.6 Å². The van der Waals surface area contributed by atoms with Crippen LogP contribution in [0.4, 0.5) is 0 Å². The first kappa shape index (κ1) is 11.7. The van der Waals surface area contributed by atoms with Crippen LogP contribution in [0.5, 0.6) is 0 Å². The fourth-order valence-electron chi connectivity index (χ4n) is 1.47. The molecule has 0 unspecified atom stereocenters. The van der Waals surface area contributed by atoms with Crippen LogP contribution < -0.4 is 5.32 Å². The van der Waals surface area contributed by atoms with Crippen LogP contribution in [0, 0.1) is 0 Å². The predicted molar refractivity (Wildman–Crippen MR) is 67.5 cm³/mol. The number of rotatable bonds is 4. The maximum atomic E-state index is 11.7. The Morgan fingerprint density at radius 1 is 1.47 bits per heavy atom. The van der Waals surface area contributed by atoms with E-state index in [1.54, 1.807) is 18.5 Å². The third-order valence-electron chi connectivity index (χ3n) is 2.38. The highest BCUT2D eigenvalue weighted by Gasteiger charge is 2.13. The van der Waals surface area contributed by atoms with Crippen LogP contribution in [0.1, 0.15) is 22.5 Å². The predicted octanol–water partition coefficient (Wildman–Crippen LogP) is 1.80. The van der Waals surface area contributed by atoms with Crippen LogP contribution in [0.25, 0.3) is 0 Å². The molecule has 0 bridgehead atoms. The minimum Gasteiger partial charge on any atom is -0.345 e. The van der Waals surface area contributed by atoms with Gasteiger partial charge < -0.3 is 5.32 Å². The lowest BCUT2D eigenvalue weighted by molar-refractivity contribution is -0.117. The van der Waals surface area contributed by atoms with Gasteiger partial charge in [0.05, 0.1) is 11.4 Å². The molecule has 1 aliphatic heterocycles. The van der Waals surface area contributed by atoms with Crippen molar-refractivity contribution in [2.75, 3.05) is 6.54 Å². The van der Waals surface area contributed by atoms with Crippen molar-refractivity contribution in [2.24, 2.45) is 4.99 Å². The highest BCUT2D eigenvalue weighted by atomic mass is 32.1. The zero-order valence-electron chi connectivity index (χ0n) is 9.18. The van der Waals surface area contributed by atoms with Crippen LogP contribution in [-0.4, -0.2) is 24.4 Å². The Kier molecular flexibility index (Phi) is 3.82. The van der Waals surface area contributed by atoms with Crippen molar-refractivity contribution in [3.05, 3.63) is 34.2 Å². The zero-order chi connectivity index (χ0) is 12.1. The number of Topliss-reactive ketones (excluding diaryl/α,β-unsaturated/α-hetero) is 1. The van der Waals surface area contributed by atoms with E-state index in [4.69, 9.17) is 0 Å². The van der Waals surface area contributed by atoms with Crippen molar-refractivity contribution in [3.8, 4) is 0 Å². The van der Waals surface area contributed by atoms with Gasteiger partial charge in [-0.1, -0.05) is 6.07 Å². The molecule has 88 valence electrons. The van der Waals surface area contributed by atoms with E-state index in [2.05, 4.69) is 10.3 Å². The number of thiophene rings is 1. The van der Waals surface area contributed by atoms with Crippen LogP contribution >= 0.6 is 11.3 Å². The second-order valence-corrected chi connectivity index (χ2v) is 4.56. The fourth-order valence-corrected chi connectivity index (χ4v) is 2.14. The van der Waals surface area contributed by atoms with Crippen molar-refractivity contribution >= 4 is 29.2 Å². The lowest BCUT2D eigenvalue weighted by Crippen LogP contribution is -2.30. The molecule has 1 aromatic heterocycles. The molecule has 2 heterocycles. The van der Waals surface area contributed by atoms with E-state index in [0.29, 0.717) is 16.9 Å². The molecule has 0 saturated heterocycles. The quantitative estimate of drug-likeness (QED) is 0.826. The number of ketones is 1. The lowest BCUT2D eigenvalue weighted by Gasteiger charge is -2.08. The number of hydrogen-bond donors (Lipinski definition) is 1. The first-order valence-corrected chi connectivity index (χ1v) is 6.21. The number of nitrogens with zero attached hydrogens (tertiary/aromatic N) is 1. The summed E-state index contributed by atoms with van der Waals surface area (Å²) in [5.74, 6) is -0.264. The van der Waals surface area contributed by atoms with Crippen LogP contribution in [0.15, 0.2) is 34.3 Å². The molecule has 0 spiro atoms. The Balaban J connectivity index is 1.86. The molecular formula is C12H12N2O2S. The van der Waals surface area contributed by atoms with Crippen molar-refractivity contribution in [1.29, 1.82) is 0 Å². The smallest absolute Gasteiger partial charge is 0.249 e. The minimum atomic E-state index is -0.202. The number of carbonyl (C=O) groups is 2. The Bertz CT molecular complexity index is 475. The van der Waals surface area contributed by atoms with Gasteiger partial charge in [0.25, 0.3) is 0 Å². The zero-order valence-corrected chi connectivity index (χ0v) is 10.00. The van der Waals surface area contributed by atoms with Crippen LogP contribution in [0.3, 0.4) is 0 Å². The highest BCUT2D eigenvalue weighted by molar-refractivity contribution is 7.12. The van der Waals surface area contributed by atoms with E-state index < -0.39 is 0 Å². The Labute approximate surface area is 103 Å². The van der Waals surface area contributed by atoms with E-state index in [-0.39, 0.29) is 18.2 Å². The molecule has 1 aromatic rings. The summed E-state index contributed by atoms with van der Waals surface area (Å²) in [7, 11) is 0. The average molecular weight is 248 g/mol. The monoisotopic (exact) mass is 248 g/mol. The molecule has 1 aliphatic rings. The normalized spacial score (nSPS) is 14.2. The Morgan fingerprint density at radius 3 is 3.00 bits per heavy atom. The summed E-state index contributed by atoms with van der Waals surface area (Å²) < 4.78 is 0. The number of aliphatic imine (C=N–C) groups is 1. The first-order chi connectivity index (χ1) is 8.27. The van der Waals surface area contributed by atoms with E-state index in [1.165, 1.54) is 11.3 Å². The van der Waals surface area contributed by atoms with Gasteiger partial charge in [-0.05, 0) is 24.3 Å². The van der Waals surface area contributed by atoms with Gasteiger partial charge in [0.1, 0.15) is 0 Å². The molecule has 0 saturated carbocycles. The number of nitrogens with one attached hydrogen (secondary N) is 1. The van der Waals surface area contributed by atoms with Crippen LogP contribution in [-0.2, 0) is 4.79 Å². The van der Waals surface area contributed by atoms with Crippen molar-refractivity contribution in [2.45, 2.75) is 12.8 Å². The van der Waals surface area contributed by atoms with Gasteiger partial charge in [-0.2, -0.15) is 0 Å². The molecule has 0 aromatic carbocycles. The van der Waals surface area contributed by atoms with Gasteiger partial charge >= 0.3 is 0 Å². The molecule has 17 heavy (non-hydrogen) atoms. The molecule has 2 rings (SSSR count). The molecule has 4 nitrogen and oxygen atoms in total. The third-order valence-corrected chi connectivity index (χ3v) is 3.29. The topological polar surface area (TPSA) is 58.5 Å². The molecule has 0 aliphatic carbocycles. The second-order valence-electron chi connectivity index (χ2n) is 3.61. The molecule has 1 amide bonds. The Hall–Kier alpha value is -1.75. The highest BCUT2D eigenvalue weighted by Crippen LogP contribution is 2.10. The molecule has 5 heteroatoms. The number of hydrogen-bond acceptors (Lipinski definition) is 4. The molecule has 1 N–H and O–H groups in total. The maximum Gasteiger partial charge on any atom is 0.249 e. The standard InChI is InChI=1S/C12H12N2O2S/c15-10(11-4-2-6-17-11)8-14-12(16)9-3-1-5-13-7-9/h2,4-7H,1,3,8H2,(H,14,16). The summed E-state index contributed by atoms with van der Waals surface area (Å²) in [6.45, 7) is 0.0421. The van der Waals surface area contributed by atoms with Gasteiger partial charge in [-0.25, -0.2) is 0 Å². The largest absolute Gasteiger partial charge is 0.345 e. The summed E-state index contributed by atoms with van der Waals surface area (Å²) in [4.78, 5) is 27.9. The summed E-state index contributed by atoms with van der Waals surface area (Å²) >= 11 is 1.38. The molecule has 0 radical (unpaired) electrons. The van der Waals surface area contributed by atoms with E-state index in [9.17, 15) is 9.59 Å². The number of amides is 1. The number of carbonyl (C=O) groups excluding carboxylic acids is 2. The second kappa shape index (κ2) is 5.54. The Morgan fingerprint density at radius 2 is 2.35 bits per heavy atom. The summed E-state index contributed by atoms with van der Waals surface area (Å²) in [5, 5.41) is 4.46. The summed E-state index contributed by atoms with van der Waals surface area (Å²) in [5.41, 5.74) is 0.631. The van der Waals surface area contributed by atoms with E-state index >= 15 is 0 Å². The van der Waals surface area contributed by atoms with Gasteiger partial charge in [-0.15, -0.1) is 11.3 Å². The molecule has 0 fully saturated rings. The van der Waals surface area contributed by atoms with Crippen molar-refractivity contribution in [3.63, 3.8) is 0 Å². The van der Waals surface area contributed by atoms with E-state index in [0.717, 1.165) is 6.42 Å². The SMILES string of the molecule is O=C(NCC(=O)c1cccs1)C1=CN=CCC1. The van der Waals surface area contributed by atoms with Gasteiger partial charge in [0, 0.05) is 18.0 Å².